The monoisotopic (exact) mass is 379 g/mol. The lowest BCUT2D eigenvalue weighted by Gasteiger charge is -2.25. The van der Waals surface area contributed by atoms with Crippen LogP contribution in [0.1, 0.15) is 38.1 Å². The fourth-order valence-electron chi connectivity index (χ4n) is 2.87. The molecule has 0 fully saturated rings. The SMILES string of the molecule is CC(=O)N1CCc2c(sc(NC(=O)c3ccc(F)cc3F)c2C(N)=O)C1. The highest BCUT2D eigenvalue weighted by Crippen LogP contribution is 2.37. The van der Waals surface area contributed by atoms with Crippen LogP contribution in [0.15, 0.2) is 18.2 Å². The molecule has 1 aromatic heterocycles. The molecule has 0 spiro atoms. The average Bonchev–Trinajstić information content (AvgIpc) is 2.91. The van der Waals surface area contributed by atoms with E-state index in [1.165, 1.54) is 6.92 Å². The van der Waals surface area contributed by atoms with Gasteiger partial charge in [0.2, 0.25) is 5.91 Å². The van der Waals surface area contributed by atoms with Crippen LogP contribution < -0.4 is 11.1 Å². The lowest BCUT2D eigenvalue weighted by molar-refractivity contribution is -0.129. The zero-order valence-electron chi connectivity index (χ0n) is 13.8. The molecule has 0 bridgehead atoms. The van der Waals surface area contributed by atoms with Gasteiger partial charge in [0.25, 0.3) is 11.8 Å². The lowest BCUT2D eigenvalue weighted by atomic mass is 10.0. The summed E-state index contributed by atoms with van der Waals surface area (Å²) in [7, 11) is 0. The van der Waals surface area contributed by atoms with Gasteiger partial charge in [0.05, 0.1) is 17.7 Å². The van der Waals surface area contributed by atoms with Gasteiger partial charge in [0, 0.05) is 24.4 Å². The lowest BCUT2D eigenvalue weighted by Crippen LogP contribution is -2.34. The number of fused-ring (bicyclic) bond motifs is 1. The minimum absolute atomic E-state index is 0.0938. The first-order valence-corrected chi connectivity index (χ1v) is 8.55. The van der Waals surface area contributed by atoms with E-state index in [0.717, 1.165) is 28.3 Å². The second kappa shape index (κ2) is 6.83. The molecular weight excluding hydrogens is 364 g/mol. The van der Waals surface area contributed by atoms with Crippen molar-refractivity contribution in [1.29, 1.82) is 0 Å². The van der Waals surface area contributed by atoms with Crippen molar-refractivity contribution in [1.82, 2.24) is 4.90 Å². The molecule has 2 heterocycles. The molecule has 0 saturated heterocycles. The highest BCUT2D eigenvalue weighted by Gasteiger charge is 2.29. The molecule has 0 unspecified atom stereocenters. The van der Waals surface area contributed by atoms with Crippen LogP contribution in [0.4, 0.5) is 13.8 Å². The number of benzene rings is 1. The molecule has 2 aromatic rings. The first-order valence-electron chi connectivity index (χ1n) is 7.74. The van der Waals surface area contributed by atoms with Gasteiger partial charge < -0.3 is 16.0 Å². The molecule has 3 rings (SSSR count). The Hall–Kier alpha value is -2.81. The van der Waals surface area contributed by atoms with E-state index >= 15 is 0 Å². The third kappa shape index (κ3) is 3.30. The largest absolute Gasteiger partial charge is 0.365 e. The van der Waals surface area contributed by atoms with E-state index in [4.69, 9.17) is 5.73 Å². The van der Waals surface area contributed by atoms with Crippen molar-refractivity contribution in [2.24, 2.45) is 5.73 Å². The van der Waals surface area contributed by atoms with Gasteiger partial charge in [-0.3, -0.25) is 14.4 Å². The molecule has 136 valence electrons. The molecule has 1 aromatic carbocycles. The van der Waals surface area contributed by atoms with E-state index in [0.29, 0.717) is 31.1 Å². The second-order valence-electron chi connectivity index (χ2n) is 5.84. The topological polar surface area (TPSA) is 92.5 Å². The van der Waals surface area contributed by atoms with Crippen molar-refractivity contribution < 1.29 is 23.2 Å². The zero-order valence-corrected chi connectivity index (χ0v) is 14.6. The maximum atomic E-state index is 13.8. The highest BCUT2D eigenvalue weighted by molar-refractivity contribution is 7.17. The van der Waals surface area contributed by atoms with Gasteiger partial charge in [-0.1, -0.05) is 0 Å². The molecule has 1 aliphatic rings. The summed E-state index contributed by atoms with van der Waals surface area (Å²) in [5.74, 6) is -3.43. The quantitative estimate of drug-likeness (QED) is 0.857. The number of primary amides is 1. The van der Waals surface area contributed by atoms with Crippen molar-refractivity contribution >= 4 is 34.1 Å². The Labute approximate surface area is 151 Å². The Bertz CT molecular complexity index is 926. The predicted molar refractivity (Wildman–Crippen MR) is 91.9 cm³/mol. The molecule has 0 radical (unpaired) electrons. The maximum Gasteiger partial charge on any atom is 0.259 e. The molecule has 0 aliphatic carbocycles. The number of carbonyl (C=O) groups is 3. The van der Waals surface area contributed by atoms with Crippen molar-refractivity contribution in [3.63, 3.8) is 0 Å². The van der Waals surface area contributed by atoms with Crippen molar-refractivity contribution in [3.8, 4) is 0 Å². The van der Waals surface area contributed by atoms with Crippen molar-refractivity contribution in [2.75, 3.05) is 11.9 Å². The van der Waals surface area contributed by atoms with Crippen LogP contribution in [0.5, 0.6) is 0 Å². The number of carbonyl (C=O) groups excluding carboxylic acids is 3. The second-order valence-corrected chi connectivity index (χ2v) is 6.95. The van der Waals surface area contributed by atoms with Crippen LogP contribution in [0, 0.1) is 11.6 Å². The number of nitrogens with two attached hydrogens (primary N) is 1. The smallest absolute Gasteiger partial charge is 0.259 e. The number of halogens is 2. The fraction of sp³-hybridized carbons (Fsp3) is 0.235. The highest BCUT2D eigenvalue weighted by atomic mass is 32.1. The van der Waals surface area contributed by atoms with Crippen molar-refractivity contribution in [2.45, 2.75) is 19.9 Å². The van der Waals surface area contributed by atoms with Crippen LogP contribution in [0.3, 0.4) is 0 Å². The van der Waals surface area contributed by atoms with Gasteiger partial charge in [-0.15, -0.1) is 11.3 Å². The van der Waals surface area contributed by atoms with E-state index in [-0.39, 0.29) is 22.0 Å². The normalized spacial score (nSPS) is 13.3. The molecule has 0 atom stereocenters. The molecule has 3 amide bonds. The number of rotatable bonds is 3. The summed E-state index contributed by atoms with van der Waals surface area (Å²) in [6, 6.07) is 2.60. The Balaban J connectivity index is 1.94. The van der Waals surface area contributed by atoms with E-state index in [2.05, 4.69) is 5.32 Å². The van der Waals surface area contributed by atoms with E-state index in [9.17, 15) is 23.2 Å². The van der Waals surface area contributed by atoms with Gasteiger partial charge in [-0.2, -0.15) is 0 Å². The summed E-state index contributed by atoms with van der Waals surface area (Å²) < 4.78 is 26.8. The minimum atomic E-state index is -1.01. The summed E-state index contributed by atoms with van der Waals surface area (Å²) in [6.07, 6.45) is 0.435. The van der Waals surface area contributed by atoms with Gasteiger partial charge >= 0.3 is 0 Å². The Morgan fingerprint density at radius 2 is 2.00 bits per heavy atom. The summed E-state index contributed by atoms with van der Waals surface area (Å²) in [4.78, 5) is 38.1. The van der Waals surface area contributed by atoms with Gasteiger partial charge in [0.15, 0.2) is 0 Å². The molecule has 1 aliphatic heterocycles. The Morgan fingerprint density at radius 1 is 1.27 bits per heavy atom. The number of nitrogens with one attached hydrogen (secondary N) is 1. The Morgan fingerprint density at radius 3 is 2.62 bits per heavy atom. The van der Waals surface area contributed by atoms with Crippen LogP contribution in [-0.4, -0.2) is 29.2 Å². The van der Waals surface area contributed by atoms with Crippen LogP contribution in [-0.2, 0) is 17.8 Å². The number of amides is 3. The molecule has 26 heavy (non-hydrogen) atoms. The summed E-state index contributed by atoms with van der Waals surface area (Å²) in [5, 5.41) is 2.68. The molecular formula is C17H15F2N3O3S. The number of thiophene rings is 1. The summed E-state index contributed by atoms with van der Waals surface area (Å²) in [6.45, 7) is 2.21. The average molecular weight is 379 g/mol. The van der Waals surface area contributed by atoms with Gasteiger partial charge in [-0.25, -0.2) is 8.78 Å². The Kier molecular flexibility index (Phi) is 4.73. The molecule has 6 nitrogen and oxygen atoms in total. The minimum Gasteiger partial charge on any atom is -0.365 e. The maximum absolute atomic E-state index is 13.8. The molecule has 0 saturated carbocycles. The van der Waals surface area contributed by atoms with Gasteiger partial charge in [0.1, 0.15) is 16.6 Å². The summed E-state index contributed by atoms with van der Waals surface area (Å²) in [5.41, 5.74) is 5.97. The number of hydrogen-bond acceptors (Lipinski definition) is 4. The number of nitrogens with zero attached hydrogens (tertiary/aromatic N) is 1. The number of anilines is 1. The van der Waals surface area contributed by atoms with Gasteiger partial charge in [-0.05, 0) is 24.1 Å². The third-order valence-corrected chi connectivity index (χ3v) is 5.28. The molecule has 9 heteroatoms. The fourth-order valence-corrected chi connectivity index (χ4v) is 4.13. The van der Waals surface area contributed by atoms with Crippen molar-refractivity contribution in [3.05, 3.63) is 51.4 Å². The third-order valence-electron chi connectivity index (χ3n) is 4.15. The van der Waals surface area contributed by atoms with Crippen LogP contribution >= 0.6 is 11.3 Å². The van der Waals surface area contributed by atoms with Crippen LogP contribution in [0.2, 0.25) is 0 Å². The van der Waals surface area contributed by atoms with Crippen LogP contribution in [0.25, 0.3) is 0 Å². The first kappa shape index (κ1) is 18.0. The predicted octanol–water partition coefficient (Wildman–Crippen LogP) is 2.28. The van der Waals surface area contributed by atoms with E-state index in [1.807, 2.05) is 0 Å². The van der Waals surface area contributed by atoms with E-state index in [1.54, 1.807) is 4.90 Å². The standard InChI is InChI=1S/C17H15F2N3O3S/c1-8(23)22-5-4-11-13(7-22)26-17(14(11)15(20)24)21-16(25)10-3-2-9(18)6-12(10)19/h2-3,6H,4-5,7H2,1H3,(H2,20,24)(H,21,25). The number of hydrogen-bond donors (Lipinski definition) is 2. The zero-order chi connectivity index (χ0) is 19.0. The first-order chi connectivity index (χ1) is 12.3. The van der Waals surface area contributed by atoms with E-state index < -0.39 is 23.4 Å². The summed E-state index contributed by atoms with van der Waals surface area (Å²) >= 11 is 1.12. The molecule has 3 N–H and O–H groups in total.